The number of hydrogen-bond donors (Lipinski definition) is 2. The number of hydrogen-bond acceptors (Lipinski definition) is 3. The Morgan fingerprint density at radius 1 is 1.73 bits per heavy atom. The molecule has 0 aliphatic heterocycles. The van der Waals surface area contributed by atoms with Crippen molar-refractivity contribution in [2.24, 2.45) is 5.92 Å². The Balaban J connectivity index is 2.25. The van der Waals surface area contributed by atoms with Crippen molar-refractivity contribution >= 4 is 27.7 Å². The first-order chi connectivity index (χ1) is 7.08. The zero-order valence-electron chi connectivity index (χ0n) is 8.20. The molecule has 80 valence electrons. The Hall–Kier alpha value is -1.10. The summed E-state index contributed by atoms with van der Waals surface area (Å²) in [5.41, 5.74) is 0.212. The number of carbonyl (C=O) groups is 1. The molecule has 0 bridgehead atoms. The number of anilines is 1. The van der Waals surface area contributed by atoms with Crippen molar-refractivity contribution in [3.05, 3.63) is 22.3 Å². The van der Waals surface area contributed by atoms with Gasteiger partial charge in [0.05, 0.1) is 0 Å². The molecule has 0 radical (unpaired) electrons. The number of aromatic nitrogens is 1. The molecule has 2 atom stereocenters. The number of aromatic carboxylic acids is 1. The number of nitrogens with zero attached hydrogens (tertiary/aromatic N) is 1. The van der Waals surface area contributed by atoms with Crippen LogP contribution in [0.3, 0.4) is 0 Å². The van der Waals surface area contributed by atoms with Gasteiger partial charge in [-0.2, -0.15) is 0 Å². The van der Waals surface area contributed by atoms with Gasteiger partial charge < -0.3 is 10.4 Å². The van der Waals surface area contributed by atoms with Crippen molar-refractivity contribution in [2.75, 3.05) is 5.32 Å². The van der Waals surface area contributed by atoms with E-state index in [-0.39, 0.29) is 5.56 Å². The molecular weight excluding hydrogens is 260 g/mol. The van der Waals surface area contributed by atoms with E-state index >= 15 is 0 Å². The Bertz CT molecular complexity index is 408. The van der Waals surface area contributed by atoms with E-state index in [0.717, 1.165) is 6.42 Å². The quantitative estimate of drug-likeness (QED) is 0.885. The fraction of sp³-hybridized carbons (Fsp3) is 0.400. The summed E-state index contributed by atoms with van der Waals surface area (Å²) in [6, 6.07) is 1.93. The van der Waals surface area contributed by atoms with E-state index in [4.69, 9.17) is 5.11 Å². The van der Waals surface area contributed by atoms with E-state index in [1.54, 1.807) is 12.3 Å². The monoisotopic (exact) mass is 270 g/mol. The lowest BCUT2D eigenvalue weighted by molar-refractivity contribution is 0.0697. The molecular formula is C10H11BrN2O2. The predicted octanol–water partition coefficient (Wildman–Crippen LogP) is 2.36. The summed E-state index contributed by atoms with van der Waals surface area (Å²) in [7, 11) is 0. The molecule has 1 aromatic rings. The topological polar surface area (TPSA) is 62.2 Å². The Labute approximate surface area is 95.8 Å². The summed E-state index contributed by atoms with van der Waals surface area (Å²) in [4.78, 5) is 15.0. The highest BCUT2D eigenvalue weighted by molar-refractivity contribution is 9.10. The first-order valence-corrected chi connectivity index (χ1v) is 5.52. The van der Waals surface area contributed by atoms with Crippen molar-refractivity contribution in [1.29, 1.82) is 0 Å². The maximum atomic E-state index is 11.0. The van der Waals surface area contributed by atoms with Gasteiger partial charge in [0, 0.05) is 16.7 Å². The lowest BCUT2D eigenvalue weighted by Crippen LogP contribution is -2.11. The van der Waals surface area contributed by atoms with Crippen LogP contribution in [0.5, 0.6) is 0 Å². The highest BCUT2D eigenvalue weighted by Gasteiger charge is 2.33. The Morgan fingerprint density at radius 2 is 2.40 bits per heavy atom. The summed E-state index contributed by atoms with van der Waals surface area (Å²) >= 11 is 3.20. The molecule has 1 aliphatic rings. The lowest BCUT2D eigenvalue weighted by Gasteiger charge is -2.07. The number of carboxylic acid groups (broad SMARTS) is 1. The molecule has 2 rings (SSSR count). The number of rotatable bonds is 3. The summed E-state index contributed by atoms with van der Waals surface area (Å²) in [5, 5.41) is 12.1. The van der Waals surface area contributed by atoms with E-state index < -0.39 is 5.97 Å². The second kappa shape index (κ2) is 3.81. The van der Waals surface area contributed by atoms with Gasteiger partial charge in [-0.3, -0.25) is 0 Å². The molecule has 4 nitrogen and oxygen atoms in total. The van der Waals surface area contributed by atoms with Crippen LogP contribution in [0.2, 0.25) is 0 Å². The second-order valence-electron chi connectivity index (χ2n) is 3.82. The number of carboxylic acids is 1. The van der Waals surface area contributed by atoms with Crippen molar-refractivity contribution in [3.8, 4) is 0 Å². The molecule has 15 heavy (non-hydrogen) atoms. The first-order valence-electron chi connectivity index (χ1n) is 4.73. The Morgan fingerprint density at radius 3 is 2.93 bits per heavy atom. The molecule has 2 N–H and O–H groups in total. The van der Waals surface area contributed by atoms with Crippen molar-refractivity contribution < 1.29 is 9.90 Å². The fourth-order valence-corrected chi connectivity index (χ4v) is 1.75. The number of halogens is 1. The summed E-state index contributed by atoms with van der Waals surface area (Å²) in [5.74, 6) is 0.108. The van der Waals surface area contributed by atoms with Crippen LogP contribution in [0, 0.1) is 5.92 Å². The maximum Gasteiger partial charge on any atom is 0.339 e. The van der Waals surface area contributed by atoms with Gasteiger partial charge in [0.25, 0.3) is 0 Å². The van der Waals surface area contributed by atoms with E-state index in [1.165, 1.54) is 0 Å². The van der Waals surface area contributed by atoms with E-state index in [2.05, 4.69) is 33.2 Å². The van der Waals surface area contributed by atoms with E-state index in [1.807, 2.05) is 0 Å². The predicted molar refractivity (Wildman–Crippen MR) is 60.1 cm³/mol. The third-order valence-corrected chi connectivity index (χ3v) is 2.95. The molecule has 1 saturated carbocycles. The summed E-state index contributed by atoms with van der Waals surface area (Å²) in [6.07, 6.45) is 2.68. The molecule has 0 aromatic carbocycles. The van der Waals surface area contributed by atoms with E-state index in [9.17, 15) is 4.79 Å². The van der Waals surface area contributed by atoms with Crippen LogP contribution in [0.4, 0.5) is 5.82 Å². The molecule has 1 aromatic heterocycles. The van der Waals surface area contributed by atoms with Crippen molar-refractivity contribution in [1.82, 2.24) is 4.98 Å². The van der Waals surface area contributed by atoms with Gasteiger partial charge in [0.1, 0.15) is 11.4 Å². The third-order valence-electron chi connectivity index (χ3n) is 2.52. The minimum absolute atomic E-state index is 0.212. The third kappa shape index (κ3) is 2.28. The van der Waals surface area contributed by atoms with Crippen molar-refractivity contribution in [3.63, 3.8) is 0 Å². The largest absolute Gasteiger partial charge is 0.478 e. The molecule has 0 spiro atoms. The van der Waals surface area contributed by atoms with Gasteiger partial charge in [-0.15, -0.1) is 0 Å². The van der Waals surface area contributed by atoms with Gasteiger partial charge in [0.15, 0.2) is 0 Å². The maximum absolute atomic E-state index is 11.0. The normalized spacial score (nSPS) is 23.6. The van der Waals surface area contributed by atoms with Crippen LogP contribution in [0.15, 0.2) is 16.7 Å². The highest BCUT2D eigenvalue weighted by atomic mass is 79.9. The average molecular weight is 271 g/mol. The van der Waals surface area contributed by atoms with Gasteiger partial charge in [0.2, 0.25) is 0 Å². The zero-order valence-corrected chi connectivity index (χ0v) is 9.78. The van der Waals surface area contributed by atoms with Crippen LogP contribution in [-0.4, -0.2) is 22.1 Å². The van der Waals surface area contributed by atoms with Gasteiger partial charge in [-0.05, 0) is 34.3 Å². The molecule has 5 heteroatoms. The summed E-state index contributed by atoms with van der Waals surface area (Å²) in [6.45, 7) is 2.12. The Kier molecular flexibility index (Phi) is 2.65. The van der Waals surface area contributed by atoms with Gasteiger partial charge in [-0.1, -0.05) is 6.92 Å². The fourth-order valence-electron chi connectivity index (χ4n) is 1.42. The smallest absolute Gasteiger partial charge is 0.339 e. The summed E-state index contributed by atoms with van der Waals surface area (Å²) < 4.78 is 0.675. The minimum atomic E-state index is -0.959. The highest BCUT2D eigenvalue weighted by Crippen LogP contribution is 2.33. The van der Waals surface area contributed by atoms with Crippen LogP contribution < -0.4 is 5.32 Å². The molecule has 2 unspecified atom stereocenters. The van der Waals surface area contributed by atoms with Crippen LogP contribution in [-0.2, 0) is 0 Å². The van der Waals surface area contributed by atoms with E-state index in [0.29, 0.717) is 22.3 Å². The molecule has 1 fully saturated rings. The molecule has 1 heterocycles. The van der Waals surface area contributed by atoms with Crippen LogP contribution >= 0.6 is 15.9 Å². The van der Waals surface area contributed by atoms with Crippen molar-refractivity contribution in [2.45, 2.75) is 19.4 Å². The lowest BCUT2D eigenvalue weighted by atomic mass is 10.2. The number of nitrogens with one attached hydrogen (secondary N) is 1. The first kappa shape index (κ1) is 10.4. The van der Waals surface area contributed by atoms with Gasteiger partial charge >= 0.3 is 5.97 Å². The zero-order chi connectivity index (χ0) is 11.0. The minimum Gasteiger partial charge on any atom is -0.478 e. The standard InChI is InChI=1S/C10H11BrN2O2/c1-5-2-8(5)13-9-7(10(14)15)3-6(11)4-12-9/h3-5,8H,2H2,1H3,(H,12,13)(H,14,15). The van der Waals surface area contributed by atoms with Crippen LogP contribution in [0.25, 0.3) is 0 Å². The molecule has 0 saturated heterocycles. The number of pyridine rings is 1. The van der Waals surface area contributed by atoms with Gasteiger partial charge in [-0.25, -0.2) is 9.78 Å². The van der Waals surface area contributed by atoms with Crippen LogP contribution in [0.1, 0.15) is 23.7 Å². The molecule has 0 amide bonds. The second-order valence-corrected chi connectivity index (χ2v) is 4.73. The SMILES string of the molecule is CC1CC1Nc1ncc(Br)cc1C(=O)O. The molecule has 1 aliphatic carbocycles. The average Bonchev–Trinajstić information content (AvgIpc) is 2.85.